The maximum absolute atomic E-state index is 11.4. The highest BCUT2D eigenvalue weighted by Crippen LogP contribution is 2.04. The van der Waals surface area contributed by atoms with E-state index < -0.39 is 0 Å². The minimum Gasteiger partial charge on any atom is -0.314 e. The van der Waals surface area contributed by atoms with Crippen LogP contribution in [0.2, 0.25) is 0 Å². The second-order valence-electron chi connectivity index (χ2n) is 3.54. The molecule has 0 bridgehead atoms. The predicted octanol–water partition coefficient (Wildman–Crippen LogP) is 1.70. The third-order valence-electron chi connectivity index (χ3n) is 2.34. The predicted molar refractivity (Wildman–Crippen MR) is 66.7 cm³/mol. The van der Waals surface area contributed by atoms with Gasteiger partial charge in [0.2, 0.25) is 0 Å². The van der Waals surface area contributed by atoms with Gasteiger partial charge in [0, 0.05) is 31.9 Å². The van der Waals surface area contributed by atoms with Gasteiger partial charge in [0.1, 0.15) is 0 Å². The van der Waals surface area contributed by atoms with Crippen molar-refractivity contribution in [3.63, 3.8) is 0 Å². The molecule has 0 aromatic carbocycles. The van der Waals surface area contributed by atoms with Crippen LogP contribution in [0.15, 0.2) is 46.0 Å². The monoisotopic (exact) mass is 234 g/mol. The third-order valence-corrected chi connectivity index (χ3v) is 3.07. The Balaban J connectivity index is 1.76. The molecule has 0 radical (unpaired) electrons. The molecule has 0 fully saturated rings. The van der Waals surface area contributed by atoms with Crippen LogP contribution in [-0.2, 0) is 13.1 Å². The lowest BCUT2D eigenvalue weighted by molar-refractivity contribution is 0.586. The first-order valence-electron chi connectivity index (χ1n) is 5.23. The molecule has 0 atom stereocenters. The van der Waals surface area contributed by atoms with Gasteiger partial charge in [0.25, 0.3) is 5.56 Å². The molecule has 0 saturated carbocycles. The molecular formula is C12H14N2OS. The largest absolute Gasteiger partial charge is 0.314 e. The molecule has 2 aromatic rings. The average molecular weight is 234 g/mol. The quantitative estimate of drug-likeness (QED) is 0.799. The highest BCUT2D eigenvalue weighted by molar-refractivity contribution is 7.07. The van der Waals surface area contributed by atoms with Crippen LogP contribution in [0.25, 0.3) is 0 Å². The van der Waals surface area contributed by atoms with Gasteiger partial charge in [-0.2, -0.15) is 11.3 Å². The number of nitrogens with one attached hydrogen (secondary N) is 1. The minimum atomic E-state index is 0.0554. The van der Waals surface area contributed by atoms with Crippen molar-refractivity contribution in [2.24, 2.45) is 0 Å². The van der Waals surface area contributed by atoms with E-state index in [0.717, 1.165) is 13.1 Å². The van der Waals surface area contributed by atoms with Crippen LogP contribution in [0.3, 0.4) is 0 Å². The fraction of sp³-hybridized carbons (Fsp3) is 0.250. The fourth-order valence-electron chi connectivity index (χ4n) is 1.47. The third kappa shape index (κ3) is 3.05. The van der Waals surface area contributed by atoms with Gasteiger partial charge >= 0.3 is 0 Å². The lowest BCUT2D eigenvalue weighted by atomic mass is 10.3. The molecule has 1 N–H and O–H groups in total. The number of rotatable bonds is 5. The van der Waals surface area contributed by atoms with Gasteiger partial charge in [-0.1, -0.05) is 6.07 Å². The zero-order valence-electron chi connectivity index (χ0n) is 8.93. The molecule has 0 amide bonds. The van der Waals surface area contributed by atoms with E-state index in [9.17, 15) is 4.79 Å². The minimum absolute atomic E-state index is 0.0554. The molecule has 0 saturated heterocycles. The maximum atomic E-state index is 11.4. The van der Waals surface area contributed by atoms with Gasteiger partial charge in [-0.15, -0.1) is 0 Å². The number of pyridine rings is 1. The SMILES string of the molecule is O=c1ccccn1CCNCc1ccsc1. The molecule has 2 rings (SSSR count). The normalized spacial score (nSPS) is 10.5. The second-order valence-corrected chi connectivity index (χ2v) is 4.32. The first kappa shape index (κ1) is 11.1. The first-order valence-corrected chi connectivity index (χ1v) is 6.18. The Morgan fingerprint density at radius 1 is 1.31 bits per heavy atom. The molecule has 4 heteroatoms. The number of hydrogen-bond donors (Lipinski definition) is 1. The molecule has 0 unspecified atom stereocenters. The lowest BCUT2D eigenvalue weighted by Gasteiger charge is -2.05. The number of hydrogen-bond acceptors (Lipinski definition) is 3. The molecule has 0 aliphatic heterocycles. The van der Waals surface area contributed by atoms with Crippen LogP contribution in [0.1, 0.15) is 5.56 Å². The molecule has 2 aromatic heterocycles. The highest BCUT2D eigenvalue weighted by atomic mass is 32.1. The highest BCUT2D eigenvalue weighted by Gasteiger charge is 1.94. The van der Waals surface area contributed by atoms with Crippen molar-refractivity contribution in [1.82, 2.24) is 9.88 Å². The van der Waals surface area contributed by atoms with Crippen molar-refractivity contribution in [1.29, 1.82) is 0 Å². The van der Waals surface area contributed by atoms with E-state index in [1.54, 1.807) is 28.0 Å². The number of thiophene rings is 1. The average Bonchev–Trinajstić information content (AvgIpc) is 2.79. The van der Waals surface area contributed by atoms with Crippen LogP contribution >= 0.6 is 11.3 Å². The summed E-state index contributed by atoms with van der Waals surface area (Å²) in [4.78, 5) is 11.4. The Morgan fingerprint density at radius 2 is 2.25 bits per heavy atom. The van der Waals surface area contributed by atoms with Crippen LogP contribution in [0, 0.1) is 0 Å². The fourth-order valence-corrected chi connectivity index (χ4v) is 2.14. The Morgan fingerprint density at radius 3 is 3.00 bits per heavy atom. The Bertz CT molecular complexity index is 476. The molecule has 84 valence electrons. The second kappa shape index (κ2) is 5.63. The van der Waals surface area contributed by atoms with Crippen LogP contribution in [-0.4, -0.2) is 11.1 Å². The van der Waals surface area contributed by atoms with Crippen molar-refractivity contribution in [2.45, 2.75) is 13.1 Å². The van der Waals surface area contributed by atoms with Crippen molar-refractivity contribution in [3.05, 3.63) is 57.1 Å². The summed E-state index contributed by atoms with van der Waals surface area (Å²) in [5.41, 5.74) is 1.35. The summed E-state index contributed by atoms with van der Waals surface area (Å²) in [7, 11) is 0. The van der Waals surface area contributed by atoms with Crippen molar-refractivity contribution >= 4 is 11.3 Å². The van der Waals surface area contributed by atoms with E-state index in [2.05, 4.69) is 22.1 Å². The van der Waals surface area contributed by atoms with Gasteiger partial charge in [-0.05, 0) is 28.5 Å². The molecule has 2 heterocycles. The molecule has 3 nitrogen and oxygen atoms in total. The zero-order chi connectivity index (χ0) is 11.2. The topological polar surface area (TPSA) is 34.0 Å². The summed E-state index contributed by atoms with van der Waals surface area (Å²) in [6, 6.07) is 7.32. The van der Waals surface area contributed by atoms with Crippen molar-refractivity contribution < 1.29 is 0 Å². The van der Waals surface area contributed by atoms with Crippen LogP contribution in [0.5, 0.6) is 0 Å². The van der Waals surface area contributed by atoms with E-state index >= 15 is 0 Å². The summed E-state index contributed by atoms with van der Waals surface area (Å²) in [6.45, 7) is 2.38. The summed E-state index contributed by atoms with van der Waals surface area (Å²) < 4.78 is 1.71. The summed E-state index contributed by atoms with van der Waals surface area (Å²) in [6.07, 6.45) is 1.81. The van der Waals surface area contributed by atoms with Gasteiger partial charge in [-0.25, -0.2) is 0 Å². The number of aromatic nitrogens is 1. The van der Waals surface area contributed by atoms with Crippen molar-refractivity contribution in [3.8, 4) is 0 Å². The van der Waals surface area contributed by atoms with Crippen molar-refractivity contribution in [2.75, 3.05) is 6.54 Å². The molecular weight excluding hydrogens is 220 g/mol. The Hall–Kier alpha value is -1.39. The smallest absolute Gasteiger partial charge is 0.250 e. The summed E-state index contributed by atoms with van der Waals surface area (Å²) in [5, 5.41) is 7.51. The molecule has 0 spiro atoms. The van der Waals surface area contributed by atoms with E-state index in [-0.39, 0.29) is 5.56 Å². The first-order chi connectivity index (χ1) is 7.86. The molecule has 0 aliphatic carbocycles. The van der Waals surface area contributed by atoms with Crippen LogP contribution in [0.4, 0.5) is 0 Å². The Kier molecular flexibility index (Phi) is 3.91. The van der Waals surface area contributed by atoms with E-state index in [4.69, 9.17) is 0 Å². The Labute approximate surface area is 98.4 Å². The van der Waals surface area contributed by atoms with Gasteiger partial charge < -0.3 is 9.88 Å². The van der Waals surface area contributed by atoms with Gasteiger partial charge in [0.15, 0.2) is 0 Å². The summed E-state index contributed by atoms with van der Waals surface area (Å²) in [5.74, 6) is 0. The van der Waals surface area contributed by atoms with E-state index in [0.29, 0.717) is 6.54 Å². The van der Waals surface area contributed by atoms with Crippen LogP contribution < -0.4 is 10.9 Å². The zero-order valence-corrected chi connectivity index (χ0v) is 9.74. The molecule has 16 heavy (non-hydrogen) atoms. The number of nitrogens with zero attached hydrogens (tertiary/aromatic N) is 1. The molecule has 0 aliphatic rings. The lowest BCUT2D eigenvalue weighted by Crippen LogP contribution is -2.25. The van der Waals surface area contributed by atoms with Gasteiger partial charge in [-0.3, -0.25) is 4.79 Å². The summed E-state index contributed by atoms with van der Waals surface area (Å²) >= 11 is 1.70. The van der Waals surface area contributed by atoms with Gasteiger partial charge in [0.05, 0.1) is 0 Å². The maximum Gasteiger partial charge on any atom is 0.250 e. The van der Waals surface area contributed by atoms with E-state index in [1.807, 2.05) is 12.3 Å². The standard InChI is InChI=1S/C12H14N2OS/c15-12-3-1-2-6-14(12)7-5-13-9-11-4-8-16-10-11/h1-4,6,8,10,13H,5,7,9H2. The van der Waals surface area contributed by atoms with E-state index in [1.165, 1.54) is 5.56 Å².